The van der Waals surface area contributed by atoms with Crippen LogP contribution in [0.2, 0.25) is 0 Å². The second-order valence-electron chi connectivity index (χ2n) is 3.27. The molecule has 11 heavy (non-hydrogen) atoms. The minimum absolute atomic E-state index is 0.822. The average molecular weight is 157 g/mol. The van der Waals surface area contributed by atoms with E-state index in [1.807, 2.05) is 0 Å². The van der Waals surface area contributed by atoms with Crippen LogP contribution in [-0.4, -0.2) is 26.3 Å². The van der Waals surface area contributed by atoms with E-state index in [0.29, 0.717) is 0 Å². The van der Waals surface area contributed by atoms with Gasteiger partial charge in [-0.25, -0.2) is 0 Å². The summed E-state index contributed by atoms with van der Waals surface area (Å²) in [5.41, 5.74) is 0. The molecule has 0 bridgehead atoms. The van der Waals surface area contributed by atoms with Crippen LogP contribution >= 0.6 is 0 Å². The minimum atomic E-state index is 0.822. The van der Waals surface area contributed by atoms with Crippen molar-refractivity contribution >= 4 is 0 Å². The van der Waals surface area contributed by atoms with Crippen molar-refractivity contribution in [1.82, 2.24) is 5.32 Å². The third kappa shape index (κ3) is 3.73. The second-order valence-corrected chi connectivity index (χ2v) is 3.27. The summed E-state index contributed by atoms with van der Waals surface area (Å²) in [6, 6.07) is 0. The van der Waals surface area contributed by atoms with Gasteiger partial charge in [-0.05, 0) is 38.3 Å². The molecule has 0 amide bonds. The zero-order valence-corrected chi connectivity index (χ0v) is 7.44. The first-order valence-electron chi connectivity index (χ1n) is 4.72. The number of hydrogen-bond acceptors (Lipinski definition) is 2. The molecule has 0 spiro atoms. The van der Waals surface area contributed by atoms with Crippen LogP contribution in [0, 0.1) is 5.92 Å². The van der Waals surface area contributed by atoms with Crippen molar-refractivity contribution in [3.05, 3.63) is 0 Å². The second kappa shape index (κ2) is 5.56. The molecule has 1 heterocycles. The zero-order valence-electron chi connectivity index (χ0n) is 7.44. The highest BCUT2D eigenvalue weighted by Gasteiger charge is 2.11. The molecule has 1 rings (SSSR count). The summed E-state index contributed by atoms with van der Waals surface area (Å²) in [6.07, 6.45) is 3.73. The highest BCUT2D eigenvalue weighted by atomic mass is 16.5. The van der Waals surface area contributed by atoms with Gasteiger partial charge in [-0.3, -0.25) is 0 Å². The maximum Gasteiger partial charge on any atom is 0.0495 e. The number of nitrogens with one attached hydrogen (secondary N) is 1. The molecule has 0 radical (unpaired) electrons. The Bertz CT molecular complexity index is 89.6. The molecule has 1 N–H and O–H groups in total. The predicted molar refractivity (Wildman–Crippen MR) is 46.7 cm³/mol. The van der Waals surface area contributed by atoms with Crippen LogP contribution in [0.25, 0.3) is 0 Å². The summed E-state index contributed by atoms with van der Waals surface area (Å²) in [4.78, 5) is 0. The van der Waals surface area contributed by atoms with Crippen LogP contribution in [-0.2, 0) is 4.74 Å². The van der Waals surface area contributed by atoms with Crippen molar-refractivity contribution in [3.63, 3.8) is 0 Å². The van der Waals surface area contributed by atoms with Crippen molar-refractivity contribution in [2.45, 2.75) is 26.2 Å². The lowest BCUT2D eigenvalue weighted by atomic mass is 9.99. The molecule has 1 saturated heterocycles. The number of hydrogen-bond donors (Lipinski definition) is 1. The molecule has 2 nitrogen and oxygen atoms in total. The van der Waals surface area contributed by atoms with E-state index in [9.17, 15) is 0 Å². The van der Waals surface area contributed by atoms with Crippen molar-refractivity contribution in [1.29, 1.82) is 0 Å². The van der Waals surface area contributed by atoms with E-state index in [-0.39, 0.29) is 0 Å². The lowest BCUT2D eigenvalue weighted by Crippen LogP contribution is -2.30. The van der Waals surface area contributed by atoms with Crippen LogP contribution in [0.1, 0.15) is 26.2 Å². The van der Waals surface area contributed by atoms with Crippen LogP contribution < -0.4 is 5.32 Å². The smallest absolute Gasteiger partial charge is 0.0495 e. The first-order chi connectivity index (χ1) is 5.43. The number of rotatable bonds is 4. The van der Waals surface area contributed by atoms with Gasteiger partial charge in [-0.2, -0.15) is 0 Å². The van der Waals surface area contributed by atoms with E-state index in [4.69, 9.17) is 4.74 Å². The first-order valence-corrected chi connectivity index (χ1v) is 4.72. The van der Waals surface area contributed by atoms with Gasteiger partial charge in [0.1, 0.15) is 0 Å². The molecule has 0 aromatic rings. The van der Waals surface area contributed by atoms with E-state index in [0.717, 1.165) is 25.6 Å². The monoisotopic (exact) mass is 157 g/mol. The lowest BCUT2D eigenvalue weighted by Gasteiger charge is -2.22. The molecule has 0 saturated carbocycles. The fourth-order valence-electron chi connectivity index (χ4n) is 1.44. The Labute approximate surface area is 69.3 Å². The first kappa shape index (κ1) is 9.01. The van der Waals surface area contributed by atoms with Gasteiger partial charge in [-0.1, -0.05) is 6.92 Å². The van der Waals surface area contributed by atoms with E-state index in [1.165, 1.54) is 25.9 Å². The molecule has 0 unspecified atom stereocenters. The Balaban J connectivity index is 1.96. The van der Waals surface area contributed by atoms with Gasteiger partial charge in [0.15, 0.2) is 0 Å². The molecule has 0 atom stereocenters. The van der Waals surface area contributed by atoms with Crippen LogP contribution in [0.4, 0.5) is 0 Å². The lowest BCUT2D eigenvalue weighted by molar-refractivity contribution is 0.0884. The summed E-state index contributed by atoms with van der Waals surface area (Å²) in [6.45, 7) is 6.43. The third-order valence-electron chi connectivity index (χ3n) is 2.16. The molecule has 0 aromatic heterocycles. The summed E-state index contributed by atoms with van der Waals surface area (Å²) in [5, 5.41) is 3.35. The number of piperidine rings is 1. The van der Waals surface area contributed by atoms with E-state index in [1.54, 1.807) is 0 Å². The number of ether oxygens (including phenoxy) is 1. The van der Waals surface area contributed by atoms with Crippen molar-refractivity contribution in [3.8, 4) is 0 Å². The Morgan fingerprint density at radius 1 is 1.36 bits per heavy atom. The van der Waals surface area contributed by atoms with E-state index < -0.39 is 0 Å². The summed E-state index contributed by atoms with van der Waals surface area (Å²) in [5.74, 6) is 0.822. The fourth-order valence-corrected chi connectivity index (χ4v) is 1.44. The zero-order chi connectivity index (χ0) is 7.94. The molecule has 1 fully saturated rings. The van der Waals surface area contributed by atoms with Gasteiger partial charge in [-0.15, -0.1) is 0 Å². The maximum atomic E-state index is 5.49. The molecule has 66 valence electrons. The molecule has 1 aliphatic rings. The average Bonchev–Trinajstić information content (AvgIpc) is 2.07. The molecule has 0 aliphatic carbocycles. The third-order valence-corrected chi connectivity index (χ3v) is 2.16. The summed E-state index contributed by atoms with van der Waals surface area (Å²) >= 11 is 0. The Morgan fingerprint density at radius 2 is 2.09 bits per heavy atom. The minimum Gasteiger partial charge on any atom is -0.381 e. The molecule has 2 heteroatoms. The van der Waals surface area contributed by atoms with Gasteiger partial charge < -0.3 is 10.1 Å². The Kier molecular flexibility index (Phi) is 4.55. The van der Waals surface area contributed by atoms with E-state index >= 15 is 0 Å². The highest BCUT2D eigenvalue weighted by molar-refractivity contribution is 4.67. The molecule has 1 aliphatic heterocycles. The normalized spacial score (nSPS) is 20.5. The topological polar surface area (TPSA) is 21.3 Å². The van der Waals surface area contributed by atoms with Crippen molar-refractivity contribution < 1.29 is 4.74 Å². The Hall–Kier alpha value is -0.0800. The van der Waals surface area contributed by atoms with E-state index in [2.05, 4.69) is 12.2 Å². The quantitative estimate of drug-likeness (QED) is 0.623. The van der Waals surface area contributed by atoms with Crippen LogP contribution in [0.3, 0.4) is 0 Å². The van der Waals surface area contributed by atoms with Crippen molar-refractivity contribution in [2.75, 3.05) is 26.3 Å². The van der Waals surface area contributed by atoms with Gasteiger partial charge >= 0.3 is 0 Å². The largest absolute Gasteiger partial charge is 0.381 e. The van der Waals surface area contributed by atoms with Crippen LogP contribution in [0.15, 0.2) is 0 Å². The predicted octanol–water partition coefficient (Wildman–Crippen LogP) is 1.41. The molecule has 0 aromatic carbocycles. The fraction of sp³-hybridized carbons (Fsp3) is 1.00. The maximum absolute atomic E-state index is 5.49. The SMILES string of the molecule is CCCOCC1CCNCC1. The van der Waals surface area contributed by atoms with Crippen molar-refractivity contribution in [2.24, 2.45) is 5.92 Å². The van der Waals surface area contributed by atoms with Crippen LogP contribution in [0.5, 0.6) is 0 Å². The Morgan fingerprint density at radius 3 is 2.73 bits per heavy atom. The standard InChI is InChI=1S/C9H19NO/c1-2-7-11-8-9-3-5-10-6-4-9/h9-10H,2-8H2,1H3. The molecular weight excluding hydrogens is 138 g/mol. The van der Waals surface area contributed by atoms with Gasteiger partial charge in [0, 0.05) is 13.2 Å². The summed E-state index contributed by atoms with van der Waals surface area (Å²) in [7, 11) is 0. The van der Waals surface area contributed by atoms with Gasteiger partial charge in [0.25, 0.3) is 0 Å². The van der Waals surface area contributed by atoms with Gasteiger partial charge in [0.2, 0.25) is 0 Å². The highest BCUT2D eigenvalue weighted by Crippen LogP contribution is 2.11. The molecular formula is C9H19NO. The van der Waals surface area contributed by atoms with Gasteiger partial charge in [0.05, 0.1) is 0 Å². The summed E-state index contributed by atoms with van der Waals surface area (Å²) < 4.78 is 5.49.